The van der Waals surface area contributed by atoms with Crippen molar-refractivity contribution in [2.24, 2.45) is 17.8 Å². The first-order valence-corrected chi connectivity index (χ1v) is 4.60. The van der Waals surface area contributed by atoms with Crippen LogP contribution in [-0.2, 0) is 0 Å². The Labute approximate surface area is 74.3 Å². The maximum Gasteiger partial charge on any atom is 0.207 e. The van der Waals surface area contributed by atoms with E-state index in [1.54, 1.807) is 0 Å². The van der Waals surface area contributed by atoms with Crippen molar-refractivity contribution >= 4 is 0 Å². The second kappa shape index (κ2) is 5.12. The van der Waals surface area contributed by atoms with Crippen molar-refractivity contribution in [3.05, 3.63) is 10.1 Å². The molecule has 0 aromatic carbocycles. The summed E-state index contributed by atoms with van der Waals surface area (Å²) in [5.41, 5.74) is 0. The third kappa shape index (κ3) is 3.69. The summed E-state index contributed by atoms with van der Waals surface area (Å²) in [4.78, 5) is 10.1. The summed E-state index contributed by atoms with van der Waals surface area (Å²) >= 11 is 0. The fourth-order valence-corrected chi connectivity index (χ4v) is 1.52. The van der Waals surface area contributed by atoms with Crippen molar-refractivity contribution in [1.82, 2.24) is 0 Å². The Morgan fingerprint density at radius 2 is 1.83 bits per heavy atom. The highest BCUT2D eigenvalue weighted by Crippen LogP contribution is 2.23. The first kappa shape index (κ1) is 11.4. The van der Waals surface area contributed by atoms with Crippen LogP contribution in [0.2, 0.25) is 0 Å². The molecule has 2 atom stereocenters. The van der Waals surface area contributed by atoms with Gasteiger partial charge >= 0.3 is 0 Å². The molecule has 72 valence electrons. The lowest BCUT2D eigenvalue weighted by Crippen LogP contribution is -2.25. The van der Waals surface area contributed by atoms with Gasteiger partial charge in [0, 0.05) is 10.8 Å². The highest BCUT2D eigenvalue weighted by Gasteiger charge is 2.24. The fraction of sp³-hybridized carbons (Fsp3) is 1.00. The molecule has 0 saturated carbocycles. The van der Waals surface area contributed by atoms with Crippen molar-refractivity contribution in [3.63, 3.8) is 0 Å². The lowest BCUT2D eigenvalue weighted by molar-refractivity contribution is -0.491. The number of hydrogen-bond acceptors (Lipinski definition) is 2. The minimum atomic E-state index is -0.198. The third-order valence-corrected chi connectivity index (χ3v) is 2.59. The SMILES string of the molecule is CCC(C)C(C[N+](=O)[O-])C(C)C. The minimum Gasteiger partial charge on any atom is -0.265 e. The van der Waals surface area contributed by atoms with Gasteiger partial charge in [-0.3, -0.25) is 10.1 Å². The zero-order valence-corrected chi connectivity index (χ0v) is 8.41. The number of hydrogen-bond donors (Lipinski definition) is 0. The van der Waals surface area contributed by atoms with Crippen molar-refractivity contribution in [3.8, 4) is 0 Å². The van der Waals surface area contributed by atoms with Gasteiger partial charge in [0.25, 0.3) is 0 Å². The van der Waals surface area contributed by atoms with Crippen molar-refractivity contribution in [2.45, 2.75) is 34.1 Å². The van der Waals surface area contributed by atoms with E-state index in [1.165, 1.54) is 0 Å². The summed E-state index contributed by atoms with van der Waals surface area (Å²) in [5, 5.41) is 10.3. The molecule has 0 bridgehead atoms. The summed E-state index contributed by atoms with van der Waals surface area (Å²) in [6.45, 7) is 8.40. The molecule has 0 fully saturated rings. The van der Waals surface area contributed by atoms with E-state index in [4.69, 9.17) is 0 Å². The van der Waals surface area contributed by atoms with Crippen LogP contribution in [0.3, 0.4) is 0 Å². The summed E-state index contributed by atoms with van der Waals surface area (Å²) in [6, 6.07) is 0. The number of rotatable bonds is 5. The van der Waals surface area contributed by atoms with Gasteiger partial charge in [0.15, 0.2) is 0 Å². The smallest absolute Gasteiger partial charge is 0.207 e. The van der Waals surface area contributed by atoms with E-state index in [0.717, 1.165) is 6.42 Å². The van der Waals surface area contributed by atoms with Gasteiger partial charge in [-0.25, -0.2) is 0 Å². The molecule has 0 amide bonds. The van der Waals surface area contributed by atoms with E-state index in [9.17, 15) is 10.1 Å². The standard InChI is InChI=1S/C9H19NO2/c1-5-8(4)9(7(2)3)6-10(11)12/h7-9H,5-6H2,1-4H3. The van der Waals surface area contributed by atoms with Crippen molar-refractivity contribution in [1.29, 1.82) is 0 Å². The van der Waals surface area contributed by atoms with Gasteiger partial charge < -0.3 is 0 Å². The van der Waals surface area contributed by atoms with Crippen molar-refractivity contribution in [2.75, 3.05) is 6.54 Å². The number of nitro groups is 1. The van der Waals surface area contributed by atoms with E-state index < -0.39 is 0 Å². The van der Waals surface area contributed by atoms with Crippen LogP contribution in [0.5, 0.6) is 0 Å². The maximum absolute atomic E-state index is 10.3. The Hall–Kier alpha value is -0.600. The highest BCUT2D eigenvalue weighted by atomic mass is 16.6. The second-order valence-corrected chi connectivity index (χ2v) is 3.81. The normalized spacial score (nSPS) is 16.1. The Balaban J connectivity index is 4.12. The number of nitrogens with zero attached hydrogens (tertiary/aromatic N) is 1. The lowest BCUT2D eigenvalue weighted by Gasteiger charge is -2.22. The second-order valence-electron chi connectivity index (χ2n) is 3.81. The van der Waals surface area contributed by atoms with E-state index in [0.29, 0.717) is 11.8 Å². The minimum absolute atomic E-state index is 0.118. The molecule has 3 nitrogen and oxygen atoms in total. The van der Waals surface area contributed by atoms with Crippen LogP contribution >= 0.6 is 0 Å². The Morgan fingerprint density at radius 3 is 2.08 bits per heavy atom. The zero-order chi connectivity index (χ0) is 9.72. The monoisotopic (exact) mass is 173 g/mol. The largest absolute Gasteiger partial charge is 0.265 e. The van der Waals surface area contributed by atoms with E-state index >= 15 is 0 Å². The van der Waals surface area contributed by atoms with Gasteiger partial charge in [0.05, 0.1) is 0 Å². The van der Waals surface area contributed by atoms with E-state index in [-0.39, 0.29) is 17.4 Å². The van der Waals surface area contributed by atoms with Crippen LogP contribution in [0.15, 0.2) is 0 Å². The molecule has 0 saturated heterocycles. The molecule has 0 aromatic rings. The summed E-state index contributed by atoms with van der Waals surface area (Å²) < 4.78 is 0. The maximum atomic E-state index is 10.3. The first-order chi connectivity index (χ1) is 5.49. The molecule has 12 heavy (non-hydrogen) atoms. The van der Waals surface area contributed by atoms with Gasteiger partial charge in [0.1, 0.15) is 0 Å². The Bertz CT molecular complexity index is 145. The van der Waals surface area contributed by atoms with Crippen LogP contribution in [0.1, 0.15) is 34.1 Å². The van der Waals surface area contributed by atoms with Crippen molar-refractivity contribution < 1.29 is 4.92 Å². The van der Waals surface area contributed by atoms with Gasteiger partial charge in [-0.05, 0) is 11.8 Å². The van der Waals surface area contributed by atoms with Crippen LogP contribution in [0, 0.1) is 27.9 Å². The quantitative estimate of drug-likeness (QED) is 0.473. The van der Waals surface area contributed by atoms with Gasteiger partial charge in [-0.15, -0.1) is 0 Å². The topological polar surface area (TPSA) is 43.1 Å². The fourth-order valence-electron chi connectivity index (χ4n) is 1.52. The van der Waals surface area contributed by atoms with Crippen LogP contribution in [0.25, 0.3) is 0 Å². The van der Waals surface area contributed by atoms with E-state index in [2.05, 4.69) is 27.7 Å². The van der Waals surface area contributed by atoms with Gasteiger partial charge in [-0.2, -0.15) is 0 Å². The molecule has 0 aliphatic heterocycles. The molecule has 0 radical (unpaired) electrons. The molecular weight excluding hydrogens is 154 g/mol. The zero-order valence-electron chi connectivity index (χ0n) is 8.41. The predicted octanol–water partition coefficient (Wildman–Crippen LogP) is 2.58. The van der Waals surface area contributed by atoms with E-state index in [1.807, 2.05) is 0 Å². The summed E-state index contributed by atoms with van der Waals surface area (Å²) in [5.74, 6) is 1.09. The molecule has 0 aliphatic carbocycles. The van der Waals surface area contributed by atoms with Crippen LogP contribution in [-0.4, -0.2) is 11.5 Å². The van der Waals surface area contributed by atoms with Gasteiger partial charge in [0.2, 0.25) is 6.54 Å². The van der Waals surface area contributed by atoms with Gasteiger partial charge in [-0.1, -0.05) is 34.1 Å². The average Bonchev–Trinajstić information content (AvgIpc) is 1.98. The lowest BCUT2D eigenvalue weighted by atomic mass is 9.83. The molecule has 0 spiro atoms. The van der Waals surface area contributed by atoms with Crippen LogP contribution in [0.4, 0.5) is 0 Å². The highest BCUT2D eigenvalue weighted by molar-refractivity contribution is 4.67. The Kier molecular flexibility index (Phi) is 4.86. The summed E-state index contributed by atoms with van der Waals surface area (Å²) in [6.07, 6.45) is 1.02. The Morgan fingerprint density at radius 1 is 1.33 bits per heavy atom. The van der Waals surface area contributed by atoms with Crippen LogP contribution < -0.4 is 0 Å². The molecule has 0 aliphatic rings. The molecule has 0 rings (SSSR count). The molecule has 0 N–H and O–H groups in total. The predicted molar refractivity (Wildman–Crippen MR) is 49.6 cm³/mol. The average molecular weight is 173 g/mol. The molecule has 2 unspecified atom stereocenters. The molecule has 3 heteroatoms. The molecule has 0 aromatic heterocycles. The first-order valence-electron chi connectivity index (χ1n) is 4.60. The molecular formula is C9H19NO2. The summed E-state index contributed by atoms with van der Waals surface area (Å²) in [7, 11) is 0. The molecule has 0 heterocycles. The third-order valence-electron chi connectivity index (χ3n) is 2.59.